The molecule has 0 radical (unpaired) electrons. The van der Waals surface area contributed by atoms with E-state index >= 15 is 0 Å². The predicted molar refractivity (Wildman–Crippen MR) is 40.7 cm³/mol. The van der Waals surface area contributed by atoms with Crippen LogP contribution in [0.2, 0.25) is 0 Å². The van der Waals surface area contributed by atoms with Crippen molar-refractivity contribution in [3.63, 3.8) is 0 Å². The minimum atomic E-state index is -0.583. The van der Waals surface area contributed by atoms with Gasteiger partial charge in [0.25, 0.3) is 0 Å². The summed E-state index contributed by atoms with van der Waals surface area (Å²) in [4.78, 5) is 9.11. The minimum absolute atomic E-state index is 0. The van der Waals surface area contributed by atoms with Crippen LogP contribution < -0.4 is 0 Å². The maximum atomic E-state index is 9.11. The Morgan fingerprint density at radius 1 is 1.00 bits per heavy atom. The van der Waals surface area contributed by atoms with E-state index in [2.05, 4.69) is 0 Å². The van der Waals surface area contributed by atoms with Crippen LogP contribution in [-0.2, 0) is 21.6 Å². The van der Waals surface area contributed by atoms with Crippen LogP contribution in [0, 0.1) is 0 Å². The molecule has 0 saturated heterocycles. The third-order valence-electron chi connectivity index (χ3n) is 0. The van der Waals surface area contributed by atoms with Crippen molar-refractivity contribution in [3.8, 4) is 0 Å². The summed E-state index contributed by atoms with van der Waals surface area (Å²) in [5.41, 5.74) is 0. The van der Waals surface area contributed by atoms with E-state index in [1.165, 1.54) is 6.92 Å². The van der Waals surface area contributed by atoms with E-state index in [9.17, 15) is 0 Å². The normalized spacial score (nSPS) is 2.50. The van der Waals surface area contributed by atoms with Crippen molar-refractivity contribution in [1.29, 1.82) is 0 Å². The Bertz CT molecular complexity index is 40.6. The molecule has 7 nitrogen and oxygen atoms in total. The minimum Gasteiger partial charge on any atom is -0.693 e. The van der Waals surface area contributed by atoms with Crippen molar-refractivity contribution in [1.82, 2.24) is 0 Å². The molecule has 0 aromatic rings. The smallest absolute Gasteiger partial charge is 0.693 e. The van der Waals surface area contributed by atoms with Crippen LogP contribution >= 0.6 is 0 Å². The van der Waals surface area contributed by atoms with Gasteiger partial charge in [0.2, 0.25) is 0 Å². The zero-order chi connectivity index (χ0) is 3.58. The van der Waals surface area contributed by atoms with Crippen molar-refractivity contribution >= 4 is 5.97 Å². The molecule has 0 aliphatic carbocycles. The summed E-state index contributed by atoms with van der Waals surface area (Å²) >= 11 is 0. The fraction of sp³-hybridized carbons (Fsp3) is 0.500. The van der Waals surface area contributed by atoms with E-state index in [1.807, 2.05) is 0 Å². The maximum absolute atomic E-state index is 9.11. The van der Waals surface area contributed by atoms with E-state index in [-0.39, 0.29) is 47.5 Å². The number of carbonyl (C=O) groups excluding carboxylic acids is 1. The molecule has 0 aromatic heterocycles. The van der Waals surface area contributed by atoms with Gasteiger partial charge in [0.1, 0.15) is 0 Å². The summed E-state index contributed by atoms with van der Waals surface area (Å²) in [7, 11) is 0. The van der Waals surface area contributed by atoms with Gasteiger partial charge in [-0.2, -0.15) is 0 Å². The number of hydrogen-bond donors (Lipinski definition) is 0. The summed E-state index contributed by atoms with van der Waals surface area (Å²) in [5, 5.41) is 5.94. The van der Waals surface area contributed by atoms with Crippen molar-refractivity contribution in [2.24, 2.45) is 0 Å². The fourth-order valence-corrected chi connectivity index (χ4v) is 0. The van der Waals surface area contributed by atoms with Gasteiger partial charge >= 0.3 is 22.7 Å². The first-order valence-electron chi connectivity index (χ1n) is 0.954. The first-order valence-corrected chi connectivity index (χ1v) is 0.954. The topological polar surface area (TPSA) is 207 Å². The number of carbonyl (C=O) groups is 1. The Labute approximate surface area is 71.1 Å². The van der Waals surface area contributed by atoms with Gasteiger partial charge in [0.05, 0.1) is 6.92 Å². The molecule has 0 bridgehead atoms. The number of rotatable bonds is 0. The van der Waals surface area contributed by atoms with Gasteiger partial charge in [-0.15, -0.1) is 0 Å². The van der Waals surface area contributed by atoms with E-state index in [4.69, 9.17) is 9.90 Å². The monoisotopic (exact) mass is 200 g/mol. The fourth-order valence-electron chi connectivity index (χ4n) is 0. The molecule has 0 heterocycles. The summed E-state index contributed by atoms with van der Waals surface area (Å²) in [6.07, 6.45) is 0. The molecular formula is C2H15CoN5O2-. The van der Waals surface area contributed by atoms with E-state index in [0.29, 0.717) is 0 Å². The van der Waals surface area contributed by atoms with Crippen LogP contribution in [0.5, 0.6) is 0 Å². The van der Waals surface area contributed by atoms with Gasteiger partial charge in [-0.25, -0.2) is 0 Å². The molecule has 0 unspecified atom stereocenters. The zero-order valence-corrected chi connectivity index (χ0v) is 6.67. The van der Waals surface area contributed by atoms with Gasteiger partial charge in [-0.1, -0.05) is 0 Å². The molecule has 8 heteroatoms. The van der Waals surface area contributed by atoms with E-state index < -0.39 is 5.97 Å². The molecule has 0 aliphatic heterocycles. The Kier molecular flexibility index (Phi) is 673. The van der Waals surface area contributed by atoms with Gasteiger partial charge < -0.3 is 35.9 Å². The Hall–Kier alpha value is -0.224. The van der Waals surface area contributed by atoms with Crippen molar-refractivity contribution in [2.45, 2.75) is 6.92 Å². The Balaban J connectivity index is -0.00000000300. The molecule has 0 spiro atoms. The van der Waals surface area contributed by atoms with Crippen molar-refractivity contribution < 1.29 is 26.7 Å². The average molecular weight is 200 g/mol. The summed E-state index contributed by atoms with van der Waals surface area (Å²) in [5.74, 6) is -0.583. The van der Waals surface area contributed by atoms with Crippen molar-refractivity contribution in [2.75, 3.05) is 0 Å². The van der Waals surface area contributed by atoms with Gasteiger partial charge in [-0.3, -0.25) is 0 Å². The van der Waals surface area contributed by atoms with E-state index in [1.54, 1.807) is 0 Å². The number of nitrogens with two attached hydrogens (primary N) is 5. The van der Waals surface area contributed by atoms with E-state index in [0.717, 1.165) is 0 Å². The summed E-state index contributed by atoms with van der Waals surface area (Å²) in [6.45, 7) is 1.19. The largest absolute Gasteiger partial charge is 3.00 e. The summed E-state index contributed by atoms with van der Waals surface area (Å²) in [6, 6.07) is 0. The Morgan fingerprint density at radius 3 is 1.00 bits per heavy atom. The predicted octanol–water partition coefficient (Wildman–Crippen LogP) is 2.84. The van der Waals surface area contributed by atoms with Crippen molar-refractivity contribution in [3.05, 3.63) is 30.8 Å². The molecule has 0 aromatic carbocycles. The second kappa shape index (κ2) is 68.8. The second-order valence-electron chi connectivity index (χ2n) is 0.556. The molecule has 12 N–H and O–H groups in total. The Morgan fingerprint density at radius 2 is 1.00 bits per heavy atom. The standard InChI is InChI=1S/C2H4O2.Co.5H2N/c1-2(3)4;;;;;;/h1H3,(H,3,4);;5*1H2/q;+3;5*-1/p+1. The first-order chi connectivity index (χ1) is 1.73. The van der Waals surface area contributed by atoms with Gasteiger partial charge in [0.15, 0.2) is 0 Å². The first kappa shape index (κ1) is 97.7. The molecule has 0 rings (SSSR count). The third-order valence-corrected chi connectivity index (χ3v) is 0. The molecule has 0 amide bonds. The molecule has 0 atom stereocenters. The van der Waals surface area contributed by atoms with Gasteiger partial charge in [-0.05, 0) is 0 Å². The van der Waals surface area contributed by atoms with Crippen LogP contribution in [0.4, 0.5) is 0 Å². The number of hydrogen-bond acceptors (Lipinski definition) is 1. The average Bonchev–Trinajstić information content (AvgIpc) is 0.811. The van der Waals surface area contributed by atoms with Crippen LogP contribution in [0.15, 0.2) is 0 Å². The van der Waals surface area contributed by atoms with Crippen LogP contribution in [0.25, 0.3) is 30.8 Å². The second-order valence-corrected chi connectivity index (χ2v) is 0.556. The zero-order valence-electron chi connectivity index (χ0n) is 5.63. The molecule has 70 valence electrons. The van der Waals surface area contributed by atoms with Crippen LogP contribution in [0.3, 0.4) is 0 Å². The SMILES string of the molecule is CC(=O)[OH2+].[Co+3].[NH2-].[NH2-].[NH2-].[NH2-].[NH2-]. The molecular weight excluding hydrogens is 185 g/mol. The van der Waals surface area contributed by atoms with Gasteiger partial charge in [0, 0.05) is 4.79 Å². The quantitative estimate of drug-likeness (QED) is 0.530. The molecule has 0 aliphatic rings. The summed E-state index contributed by atoms with van der Waals surface area (Å²) < 4.78 is 0. The molecule has 0 saturated carbocycles. The molecule has 0 fully saturated rings. The van der Waals surface area contributed by atoms with Crippen LogP contribution in [-0.4, -0.2) is 11.1 Å². The van der Waals surface area contributed by atoms with Crippen LogP contribution in [0.1, 0.15) is 6.92 Å². The maximum Gasteiger partial charge on any atom is 3.00 e. The third kappa shape index (κ3) is 7150. The molecule has 10 heavy (non-hydrogen) atoms.